The Morgan fingerprint density at radius 2 is 1.90 bits per heavy atom. The summed E-state index contributed by atoms with van der Waals surface area (Å²) >= 11 is 8.75. The molecule has 0 bridgehead atoms. The van der Waals surface area contributed by atoms with E-state index < -0.39 is 0 Å². The summed E-state index contributed by atoms with van der Waals surface area (Å²) in [4.78, 5) is 16.3. The normalized spacial score (nSPS) is 10.8. The maximum atomic E-state index is 12.3. The van der Waals surface area contributed by atoms with E-state index in [9.17, 15) is 4.79 Å². The molecule has 1 N–H and O–H groups in total. The molecule has 1 amide bonds. The molecule has 0 aliphatic heterocycles. The second kappa shape index (κ2) is 8.77. The Labute approximate surface area is 181 Å². The zero-order valence-corrected chi connectivity index (χ0v) is 17.8. The van der Waals surface area contributed by atoms with Crippen molar-refractivity contribution in [2.75, 3.05) is 11.1 Å². The minimum Gasteiger partial charge on any atom is -0.301 e. The summed E-state index contributed by atoms with van der Waals surface area (Å²) in [6, 6.07) is 15.5. The molecule has 2 aromatic carbocycles. The first-order valence-electron chi connectivity index (χ1n) is 8.71. The summed E-state index contributed by atoms with van der Waals surface area (Å²) in [5.41, 5.74) is 2.98. The fourth-order valence-corrected chi connectivity index (χ4v) is 4.07. The number of aromatic nitrogens is 4. The highest BCUT2D eigenvalue weighted by atomic mass is 35.5. The van der Waals surface area contributed by atoms with Crippen LogP contribution in [-0.4, -0.2) is 31.4 Å². The van der Waals surface area contributed by atoms with Gasteiger partial charge in [-0.2, -0.15) is 0 Å². The SMILES string of the molecule is Cc1ccc(-c2nnc(SCC(=O)Nc3nccs3)n2-c2ccc(Cl)cc2)cc1. The van der Waals surface area contributed by atoms with Crippen molar-refractivity contribution in [1.82, 2.24) is 19.7 Å². The molecule has 2 heterocycles. The first-order valence-corrected chi connectivity index (χ1v) is 10.9. The van der Waals surface area contributed by atoms with E-state index in [1.807, 2.05) is 65.4 Å². The predicted octanol–water partition coefficient (Wildman–Crippen LogP) is 5.08. The lowest BCUT2D eigenvalue weighted by Crippen LogP contribution is -2.14. The lowest BCUT2D eigenvalue weighted by molar-refractivity contribution is -0.113. The van der Waals surface area contributed by atoms with E-state index in [0.29, 0.717) is 21.1 Å². The van der Waals surface area contributed by atoms with Gasteiger partial charge < -0.3 is 5.32 Å². The van der Waals surface area contributed by atoms with E-state index in [4.69, 9.17) is 11.6 Å². The number of hydrogen-bond acceptors (Lipinski definition) is 6. The van der Waals surface area contributed by atoms with Crippen LogP contribution in [-0.2, 0) is 4.79 Å². The number of thioether (sulfide) groups is 1. The number of aryl methyl sites for hydroxylation is 1. The second-order valence-electron chi connectivity index (χ2n) is 6.16. The van der Waals surface area contributed by atoms with E-state index >= 15 is 0 Å². The molecule has 0 saturated carbocycles. The van der Waals surface area contributed by atoms with Crippen LogP contribution in [0.1, 0.15) is 5.56 Å². The molecule has 0 aliphatic rings. The van der Waals surface area contributed by atoms with Gasteiger partial charge in [0.2, 0.25) is 5.91 Å². The zero-order valence-electron chi connectivity index (χ0n) is 15.4. The van der Waals surface area contributed by atoms with Gasteiger partial charge in [0.1, 0.15) is 0 Å². The van der Waals surface area contributed by atoms with Crippen LogP contribution in [0.3, 0.4) is 0 Å². The van der Waals surface area contributed by atoms with Crippen LogP contribution in [0.25, 0.3) is 17.1 Å². The lowest BCUT2D eigenvalue weighted by atomic mass is 10.1. The van der Waals surface area contributed by atoms with Gasteiger partial charge in [0.25, 0.3) is 0 Å². The fraction of sp³-hybridized carbons (Fsp3) is 0.100. The fourth-order valence-electron chi connectivity index (χ4n) is 2.65. The van der Waals surface area contributed by atoms with E-state index in [1.165, 1.54) is 28.7 Å². The first kappa shape index (κ1) is 19.6. The summed E-state index contributed by atoms with van der Waals surface area (Å²) in [5.74, 6) is 0.752. The Hall–Kier alpha value is -2.68. The summed E-state index contributed by atoms with van der Waals surface area (Å²) in [6.07, 6.45) is 1.65. The molecule has 0 aliphatic carbocycles. The van der Waals surface area contributed by atoms with Gasteiger partial charge in [-0.05, 0) is 31.2 Å². The number of thiazole rings is 1. The molecule has 0 fully saturated rings. The number of nitrogens with zero attached hydrogens (tertiary/aromatic N) is 4. The van der Waals surface area contributed by atoms with Crippen molar-refractivity contribution in [2.24, 2.45) is 0 Å². The lowest BCUT2D eigenvalue weighted by Gasteiger charge is -2.10. The third-order valence-electron chi connectivity index (χ3n) is 4.04. The largest absolute Gasteiger partial charge is 0.301 e. The van der Waals surface area contributed by atoms with Gasteiger partial charge >= 0.3 is 0 Å². The Morgan fingerprint density at radius 1 is 1.14 bits per heavy atom. The number of halogens is 1. The number of carbonyl (C=O) groups excluding carboxylic acids is 1. The van der Waals surface area contributed by atoms with Crippen LogP contribution in [0.2, 0.25) is 5.02 Å². The molecule has 0 radical (unpaired) electrons. The molecular weight excluding hydrogens is 426 g/mol. The monoisotopic (exact) mass is 441 g/mol. The van der Waals surface area contributed by atoms with Gasteiger partial charge in [-0.3, -0.25) is 9.36 Å². The highest BCUT2D eigenvalue weighted by Gasteiger charge is 2.17. The molecule has 4 aromatic rings. The van der Waals surface area contributed by atoms with E-state index in [1.54, 1.807) is 6.20 Å². The minimum atomic E-state index is -0.146. The molecular formula is C20H16ClN5OS2. The van der Waals surface area contributed by atoms with Crippen molar-refractivity contribution in [2.45, 2.75) is 12.1 Å². The zero-order chi connectivity index (χ0) is 20.2. The topological polar surface area (TPSA) is 72.7 Å². The van der Waals surface area contributed by atoms with Crippen molar-refractivity contribution in [3.63, 3.8) is 0 Å². The Kier molecular flexibility index (Phi) is 5.94. The van der Waals surface area contributed by atoms with Crippen LogP contribution in [0, 0.1) is 6.92 Å². The Bertz CT molecular complexity index is 1110. The number of rotatable bonds is 6. The highest BCUT2D eigenvalue weighted by Crippen LogP contribution is 2.29. The summed E-state index contributed by atoms with van der Waals surface area (Å²) in [5, 5.41) is 15.2. The molecule has 0 atom stereocenters. The third kappa shape index (κ3) is 4.67. The van der Waals surface area contributed by atoms with Gasteiger partial charge in [0, 0.05) is 27.9 Å². The maximum Gasteiger partial charge on any atom is 0.236 e. The smallest absolute Gasteiger partial charge is 0.236 e. The first-order chi connectivity index (χ1) is 14.1. The van der Waals surface area contributed by atoms with Crippen LogP contribution in [0.5, 0.6) is 0 Å². The quantitative estimate of drug-likeness (QED) is 0.422. The van der Waals surface area contributed by atoms with E-state index in [-0.39, 0.29) is 11.7 Å². The standard InChI is InChI=1S/C20H16ClN5OS2/c1-13-2-4-14(5-3-13)18-24-25-20(26(18)16-8-6-15(21)7-9-16)29-12-17(27)23-19-22-10-11-28-19/h2-11H,12H2,1H3,(H,22,23,27). The van der Waals surface area contributed by atoms with Crippen molar-refractivity contribution in [3.8, 4) is 17.1 Å². The minimum absolute atomic E-state index is 0.146. The van der Waals surface area contributed by atoms with Crippen LogP contribution in [0.15, 0.2) is 65.3 Å². The van der Waals surface area contributed by atoms with Gasteiger partial charge in [0.15, 0.2) is 16.1 Å². The number of hydrogen-bond donors (Lipinski definition) is 1. The average molecular weight is 442 g/mol. The van der Waals surface area contributed by atoms with Crippen molar-refractivity contribution >= 4 is 45.7 Å². The van der Waals surface area contributed by atoms with E-state index in [2.05, 4.69) is 20.5 Å². The maximum absolute atomic E-state index is 12.3. The van der Waals surface area contributed by atoms with Gasteiger partial charge in [-0.25, -0.2) is 4.98 Å². The summed E-state index contributed by atoms with van der Waals surface area (Å²) < 4.78 is 1.93. The third-order valence-corrected chi connectivity index (χ3v) is 5.91. The molecule has 0 spiro atoms. The molecule has 9 heteroatoms. The predicted molar refractivity (Wildman–Crippen MR) is 118 cm³/mol. The van der Waals surface area contributed by atoms with Crippen molar-refractivity contribution in [1.29, 1.82) is 0 Å². The number of amides is 1. The molecule has 0 saturated heterocycles. The molecule has 2 aromatic heterocycles. The number of carbonyl (C=O) groups is 1. The number of nitrogens with one attached hydrogen (secondary N) is 1. The summed E-state index contributed by atoms with van der Waals surface area (Å²) in [6.45, 7) is 2.04. The Morgan fingerprint density at radius 3 is 2.59 bits per heavy atom. The molecule has 29 heavy (non-hydrogen) atoms. The Balaban J connectivity index is 1.63. The second-order valence-corrected chi connectivity index (χ2v) is 8.43. The molecule has 6 nitrogen and oxygen atoms in total. The highest BCUT2D eigenvalue weighted by molar-refractivity contribution is 7.99. The van der Waals surface area contributed by atoms with E-state index in [0.717, 1.165) is 11.3 Å². The van der Waals surface area contributed by atoms with Crippen LogP contribution >= 0.6 is 34.7 Å². The van der Waals surface area contributed by atoms with Crippen molar-refractivity contribution in [3.05, 3.63) is 70.7 Å². The van der Waals surface area contributed by atoms with Crippen molar-refractivity contribution < 1.29 is 4.79 Å². The molecule has 0 unspecified atom stereocenters. The number of benzene rings is 2. The van der Waals surface area contributed by atoms with Crippen LogP contribution < -0.4 is 5.32 Å². The average Bonchev–Trinajstić information content (AvgIpc) is 3.37. The summed E-state index contributed by atoms with van der Waals surface area (Å²) in [7, 11) is 0. The van der Waals surface area contributed by atoms with Crippen LogP contribution in [0.4, 0.5) is 5.13 Å². The van der Waals surface area contributed by atoms with Gasteiger partial charge in [0.05, 0.1) is 5.75 Å². The van der Waals surface area contributed by atoms with Gasteiger partial charge in [-0.1, -0.05) is 53.2 Å². The number of anilines is 1. The molecule has 146 valence electrons. The molecule has 4 rings (SSSR count). The van der Waals surface area contributed by atoms with Gasteiger partial charge in [-0.15, -0.1) is 21.5 Å².